The molecule has 8 aromatic carbocycles. The molecule has 8 rings (SSSR count). The van der Waals surface area contributed by atoms with E-state index < -0.39 is 67.5 Å². The van der Waals surface area contributed by atoms with Gasteiger partial charge in [0.05, 0.1) is 6.61 Å². The van der Waals surface area contributed by atoms with Gasteiger partial charge in [-0.1, -0.05) is 255 Å². The van der Waals surface area contributed by atoms with Crippen molar-refractivity contribution in [1.82, 2.24) is 0 Å². The monoisotopic (exact) mass is 1240 g/mol. The molecule has 0 heterocycles. The van der Waals surface area contributed by atoms with Gasteiger partial charge in [-0.3, -0.25) is 0 Å². The van der Waals surface area contributed by atoms with Crippen LogP contribution in [0.3, 0.4) is 0 Å². The van der Waals surface area contributed by atoms with Gasteiger partial charge in [-0.25, -0.2) is 4.79 Å². The molecule has 0 aliphatic rings. The van der Waals surface area contributed by atoms with Gasteiger partial charge in [0.25, 0.3) is 0 Å². The molecule has 0 fully saturated rings. The first-order valence-electron chi connectivity index (χ1n) is 28.8. The van der Waals surface area contributed by atoms with E-state index in [1.54, 1.807) is 6.92 Å². The van der Waals surface area contributed by atoms with Crippen molar-refractivity contribution in [3.63, 3.8) is 0 Å². The SMILES string of the molecule is C=C[Si](C)(O[Si](O[Si](O[Si](O[Si](C)(CC[Si](C)(C)O[Si](C)(C)O[Si](C)(C)CCCOC(=O)C(=C)C)c1ccccc1)(c1ccccc1)c1ccccc1)(c1ccccc1)c1ccccc1)(c1ccccc1)c1ccccc1)c1ccccc1. The normalized spacial score (nSPS) is 14.0. The van der Waals surface area contributed by atoms with E-state index in [-0.39, 0.29) is 5.97 Å². The highest BCUT2D eigenvalue weighted by molar-refractivity contribution is 7.13. The minimum absolute atomic E-state index is 0.339. The lowest BCUT2D eigenvalue weighted by atomic mass is 10.4. The van der Waals surface area contributed by atoms with Crippen LogP contribution in [0, 0.1) is 0 Å². The van der Waals surface area contributed by atoms with Crippen LogP contribution >= 0.6 is 0 Å². The number of hydrogen-bond acceptors (Lipinski definition) is 8. The topological polar surface area (TPSA) is 81.7 Å². The van der Waals surface area contributed by atoms with Crippen molar-refractivity contribution in [1.29, 1.82) is 0 Å². The molecule has 0 bridgehead atoms. The molecule has 0 aliphatic carbocycles. The second-order valence-corrected chi connectivity index (χ2v) is 53.0. The summed E-state index contributed by atoms with van der Waals surface area (Å²) in [5, 5.41) is 7.91. The third-order valence-electron chi connectivity index (χ3n) is 15.1. The van der Waals surface area contributed by atoms with Crippen molar-refractivity contribution < 1.29 is 34.2 Å². The maximum atomic E-state index is 12.1. The number of rotatable bonds is 29. The molecule has 2 atom stereocenters. The van der Waals surface area contributed by atoms with Gasteiger partial charge in [-0.05, 0) is 125 Å². The Morgan fingerprint density at radius 1 is 0.373 bits per heavy atom. The van der Waals surface area contributed by atoms with Crippen LogP contribution in [0.5, 0.6) is 0 Å². The van der Waals surface area contributed by atoms with Gasteiger partial charge in [-0.15, -0.1) is 6.58 Å². The third kappa shape index (κ3) is 15.6. The molecule has 8 nitrogen and oxygen atoms in total. The lowest BCUT2D eigenvalue weighted by Gasteiger charge is -2.49. The number of ether oxygens (including phenoxy) is 1. The summed E-state index contributed by atoms with van der Waals surface area (Å²) in [4.78, 5) is 12.1. The highest BCUT2D eigenvalue weighted by Gasteiger charge is 2.62. The first-order valence-corrected chi connectivity index (χ1v) is 48.4. The molecule has 430 valence electrons. The zero-order valence-corrected chi connectivity index (χ0v) is 57.9. The Balaban J connectivity index is 1.34. The molecule has 0 aliphatic heterocycles. The highest BCUT2D eigenvalue weighted by atomic mass is 28.5. The average Bonchev–Trinajstić information content (AvgIpc) is 1.48. The van der Waals surface area contributed by atoms with Gasteiger partial charge in [0.15, 0.2) is 16.6 Å². The molecule has 0 spiro atoms. The van der Waals surface area contributed by atoms with E-state index in [1.165, 1.54) is 0 Å². The number of carbonyl (C=O) groups is 1. The summed E-state index contributed by atoms with van der Waals surface area (Å²) in [5.41, 5.74) is 2.45. The number of hydrogen-bond donors (Lipinski definition) is 0. The minimum atomic E-state index is -4.27. The van der Waals surface area contributed by atoms with Gasteiger partial charge in [0.2, 0.25) is 16.6 Å². The summed E-state index contributed by atoms with van der Waals surface area (Å²) in [6.07, 6.45) is 0.723. The zero-order chi connectivity index (χ0) is 59.3. The lowest BCUT2D eigenvalue weighted by molar-refractivity contribution is -0.138. The van der Waals surface area contributed by atoms with E-state index >= 15 is 0 Å². The van der Waals surface area contributed by atoms with Gasteiger partial charge in [-0.2, -0.15) is 0 Å². The fourth-order valence-corrected chi connectivity index (χ4v) is 52.6. The summed E-state index contributed by atoms with van der Waals surface area (Å²) >= 11 is 0. The Morgan fingerprint density at radius 2 is 0.663 bits per heavy atom. The number of benzene rings is 8. The summed E-state index contributed by atoms with van der Waals surface area (Å²) in [5.74, 6) is -0.357. The zero-order valence-electron chi connectivity index (χ0n) is 49.9. The maximum absolute atomic E-state index is 12.1. The van der Waals surface area contributed by atoms with E-state index in [2.05, 4.69) is 302 Å². The molecular formula is C67H82O8Si8. The first kappa shape index (κ1) is 63.2. The standard InChI is InChI=1S/C67H82O8Si8/c1-12-79(10,59-38-21-13-22-39-59)72-81(61-42-25-15-26-43-61,62-44-27-16-28-45-62)74-83(65-50-33-19-34-51-65,66-52-35-20-36-53-66)75-82(63-46-29-17-30-47-63,64-48-31-18-32-49-64)73-80(11,60-40-23-14-24-41-60)57-56-77(6,7)71-78(8,9)70-76(4,5)55-37-54-69-67(68)58(2)3/h12-36,38-53H,1-2,37,54-57H2,3-11H3. The molecule has 8 aromatic rings. The molecule has 0 N–H and O–H groups in total. The van der Waals surface area contributed by atoms with Gasteiger partial charge in [0.1, 0.15) is 0 Å². The Morgan fingerprint density at radius 3 is 0.988 bits per heavy atom. The third-order valence-corrected chi connectivity index (χ3v) is 48.9. The van der Waals surface area contributed by atoms with Crippen molar-refractivity contribution in [2.45, 2.75) is 83.9 Å². The molecule has 0 saturated carbocycles. The van der Waals surface area contributed by atoms with Crippen LogP contribution in [0.15, 0.2) is 267 Å². The summed E-state index contributed by atoms with van der Waals surface area (Å²) < 4.78 is 54.6. The molecule has 0 saturated heterocycles. The molecule has 0 aromatic heterocycles. The molecule has 83 heavy (non-hydrogen) atoms. The molecule has 16 heteroatoms. The van der Waals surface area contributed by atoms with Crippen LogP contribution < -0.4 is 41.5 Å². The van der Waals surface area contributed by atoms with E-state index in [9.17, 15) is 4.79 Å². The minimum Gasteiger partial charge on any atom is -0.462 e. The van der Waals surface area contributed by atoms with Crippen LogP contribution in [0.25, 0.3) is 0 Å². The first-order chi connectivity index (χ1) is 39.7. The quantitative estimate of drug-likeness (QED) is 0.0199. The van der Waals surface area contributed by atoms with Crippen molar-refractivity contribution >= 4 is 115 Å². The van der Waals surface area contributed by atoms with Crippen LogP contribution in [-0.4, -0.2) is 80.1 Å². The van der Waals surface area contributed by atoms with Crippen molar-refractivity contribution in [3.8, 4) is 0 Å². The van der Waals surface area contributed by atoms with Crippen molar-refractivity contribution in [3.05, 3.63) is 267 Å². The van der Waals surface area contributed by atoms with Crippen LogP contribution in [-0.2, 0) is 34.2 Å². The van der Waals surface area contributed by atoms with Crippen LogP contribution in [0.1, 0.15) is 13.3 Å². The van der Waals surface area contributed by atoms with Crippen molar-refractivity contribution in [2.75, 3.05) is 6.61 Å². The van der Waals surface area contributed by atoms with Gasteiger partial charge in [0, 0.05) is 5.57 Å². The van der Waals surface area contributed by atoms with Gasteiger partial charge >= 0.3 is 40.2 Å². The second kappa shape index (κ2) is 27.5. The Labute approximate surface area is 503 Å². The van der Waals surface area contributed by atoms with E-state index in [0.717, 1.165) is 66.0 Å². The van der Waals surface area contributed by atoms with Crippen LogP contribution in [0.2, 0.25) is 70.5 Å². The Kier molecular flexibility index (Phi) is 20.9. The smallest absolute Gasteiger partial charge is 0.390 e. The summed E-state index contributed by atoms with van der Waals surface area (Å²) in [7, 11) is -26.2. The number of esters is 1. The predicted molar refractivity (Wildman–Crippen MR) is 363 cm³/mol. The van der Waals surface area contributed by atoms with Crippen LogP contribution in [0.4, 0.5) is 0 Å². The molecular weight excluding hydrogens is 1160 g/mol. The highest BCUT2D eigenvalue weighted by Crippen LogP contribution is 2.33. The van der Waals surface area contributed by atoms with E-state index in [1.807, 2.05) is 11.8 Å². The van der Waals surface area contributed by atoms with Crippen molar-refractivity contribution in [2.24, 2.45) is 0 Å². The van der Waals surface area contributed by atoms with Gasteiger partial charge < -0.3 is 29.4 Å². The van der Waals surface area contributed by atoms with E-state index in [4.69, 9.17) is 29.4 Å². The summed E-state index contributed by atoms with van der Waals surface area (Å²) in [6, 6.07) is 87.5. The maximum Gasteiger partial charge on any atom is 0.390 e. The van der Waals surface area contributed by atoms with E-state index in [0.29, 0.717) is 12.2 Å². The predicted octanol–water partition coefficient (Wildman–Crippen LogP) is 11.2. The summed E-state index contributed by atoms with van der Waals surface area (Å²) in [6.45, 7) is 28.4. The fraction of sp³-hybridized carbons (Fsp3) is 0.209. The lowest BCUT2D eigenvalue weighted by Crippen LogP contribution is -2.82. The second-order valence-electron chi connectivity index (χ2n) is 23.4. The number of carbonyl (C=O) groups excluding carboxylic acids is 1. The average molecular weight is 1240 g/mol. The molecule has 2 unspecified atom stereocenters. The largest absolute Gasteiger partial charge is 0.462 e. The molecule has 0 radical (unpaired) electrons. The Bertz CT molecular complexity index is 3220. The Hall–Kier alpha value is -5.79. The fourth-order valence-electron chi connectivity index (χ4n) is 11.0. The molecule has 0 amide bonds.